The van der Waals surface area contributed by atoms with Gasteiger partial charge < -0.3 is 9.73 Å². The standard InChI is InChI=1S/C23H22N2O4S/c1-16-7-9-17(10-8-16)14-25(30(2,27)28)15-23(26)24-18-11-12-20-19-5-3-4-6-21(19)29-22(20)13-18/h3-13H,14-15H2,1-2H3,(H,24,26). The molecule has 1 amide bonds. The topological polar surface area (TPSA) is 79.6 Å². The Kier molecular flexibility index (Phi) is 5.32. The molecule has 0 fully saturated rings. The molecule has 0 aliphatic rings. The van der Waals surface area contributed by atoms with Crippen molar-refractivity contribution in [3.8, 4) is 0 Å². The zero-order valence-corrected chi connectivity index (χ0v) is 17.6. The van der Waals surface area contributed by atoms with E-state index in [1.54, 1.807) is 12.1 Å². The predicted octanol–water partition coefficient (Wildman–Crippen LogP) is 4.29. The Morgan fingerprint density at radius 3 is 2.40 bits per heavy atom. The molecule has 4 aromatic rings. The van der Waals surface area contributed by atoms with E-state index in [-0.39, 0.29) is 13.1 Å². The number of rotatable bonds is 6. The molecular weight excluding hydrogens is 400 g/mol. The Hall–Kier alpha value is -3.16. The summed E-state index contributed by atoms with van der Waals surface area (Å²) in [7, 11) is -3.56. The molecule has 0 saturated carbocycles. The minimum atomic E-state index is -3.56. The Morgan fingerprint density at radius 1 is 0.967 bits per heavy atom. The number of benzene rings is 3. The van der Waals surface area contributed by atoms with E-state index < -0.39 is 15.9 Å². The minimum Gasteiger partial charge on any atom is -0.456 e. The van der Waals surface area contributed by atoms with E-state index in [0.29, 0.717) is 11.3 Å². The lowest BCUT2D eigenvalue weighted by molar-refractivity contribution is -0.116. The van der Waals surface area contributed by atoms with E-state index in [0.717, 1.165) is 38.0 Å². The third kappa shape index (κ3) is 4.37. The van der Waals surface area contributed by atoms with Gasteiger partial charge in [0.15, 0.2) is 0 Å². The van der Waals surface area contributed by atoms with Crippen LogP contribution < -0.4 is 5.32 Å². The fraction of sp³-hybridized carbons (Fsp3) is 0.174. The molecular formula is C23H22N2O4S. The van der Waals surface area contributed by atoms with E-state index in [4.69, 9.17) is 4.42 Å². The maximum Gasteiger partial charge on any atom is 0.239 e. The van der Waals surface area contributed by atoms with E-state index in [1.165, 1.54) is 0 Å². The Morgan fingerprint density at radius 2 is 1.67 bits per heavy atom. The average molecular weight is 423 g/mol. The van der Waals surface area contributed by atoms with Crippen LogP contribution in [0.2, 0.25) is 0 Å². The van der Waals surface area contributed by atoms with Gasteiger partial charge in [0, 0.05) is 29.1 Å². The average Bonchev–Trinajstić information content (AvgIpc) is 3.06. The number of nitrogens with zero attached hydrogens (tertiary/aromatic N) is 1. The normalized spacial score (nSPS) is 12.0. The third-order valence-electron chi connectivity index (χ3n) is 4.93. The van der Waals surface area contributed by atoms with Crippen LogP contribution in [0, 0.1) is 6.92 Å². The van der Waals surface area contributed by atoms with Crippen LogP contribution in [-0.2, 0) is 21.4 Å². The van der Waals surface area contributed by atoms with Crippen molar-refractivity contribution in [2.45, 2.75) is 13.5 Å². The minimum absolute atomic E-state index is 0.134. The van der Waals surface area contributed by atoms with Gasteiger partial charge in [-0.1, -0.05) is 48.0 Å². The first kappa shape index (κ1) is 20.1. The van der Waals surface area contributed by atoms with Crippen LogP contribution in [-0.4, -0.2) is 31.4 Å². The van der Waals surface area contributed by atoms with E-state index in [1.807, 2.05) is 61.5 Å². The number of anilines is 1. The lowest BCUT2D eigenvalue weighted by Crippen LogP contribution is -2.36. The number of amides is 1. The molecule has 0 radical (unpaired) electrons. The zero-order chi connectivity index (χ0) is 21.3. The van der Waals surface area contributed by atoms with Crippen LogP contribution in [0.25, 0.3) is 21.9 Å². The Labute approximate surface area is 175 Å². The molecule has 154 valence electrons. The van der Waals surface area contributed by atoms with Gasteiger partial charge in [-0.3, -0.25) is 4.79 Å². The maximum atomic E-state index is 12.6. The monoisotopic (exact) mass is 422 g/mol. The summed E-state index contributed by atoms with van der Waals surface area (Å²) < 4.78 is 31.4. The van der Waals surface area contributed by atoms with E-state index >= 15 is 0 Å². The number of carbonyl (C=O) groups excluding carboxylic acids is 1. The number of para-hydroxylation sites is 1. The molecule has 0 atom stereocenters. The van der Waals surface area contributed by atoms with Crippen molar-refractivity contribution in [3.63, 3.8) is 0 Å². The van der Waals surface area contributed by atoms with Crippen molar-refractivity contribution in [2.75, 3.05) is 18.1 Å². The lowest BCUT2D eigenvalue weighted by Gasteiger charge is -2.19. The first-order chi connectivity index (χ1) is 14.3. The first-order valence-corrected chi connectivity index (χ1v) is 11.4. The molecule has 1 heterocycles. The number of aryl methyl sites for hydroxylation is 1. The number of nitrogens with one attached hydrogen (secondary N) is 1. The zero-order valence-electron chi connectivity index (χ0n) is 16.8. The van der Waals surface area contributed by atoms with Crippen LogP contribution in [0.5, 0.6) is 0 Å². The summed E-state index contributed by atoms with van der Waals surface area (Å²) in [5, 5.41) is 4.74. The second-order valence-electron chi connectivity index (χ2n) is 7.37. The second kappa shape index (κ2) is 7.93. The first-order valence-electron chi connectivity index (χ1n) is 9.51. The number of hydrogen-bond donors (Lipinski definition) is 1. The largest absolute Gasteiger partial charge is 0.456 e. The molecule has 30 heavy (non-hydrogen) atoms. The van der Waals surface area contributed by atoms with Crippen molar-refractivity contribution < 1.29 is 17.6 Å². The van der Waals surface area contributed by atoms with Crippen molar-refractivity contribution in [3.05, 3.63) is 77.9 Å². The van der Waals surface area contributed by atoms with Crippen LogP contribution >= 0.6 is 0 Å². The van der Waals surface area contributed by atoms with Gasteiger partial charge in [-0.15, -0.1) is 0 Å². The highest BCUT2D eigenvalue weighted by Gasteiger charge is 2.21. The summed E-state index contributed by atoms with van der Waals surface area (Å²) in [6, 6.07) is 20.7. The molecule has 0 saturated heterocycles. The molecule has 0 aliphatic heterocycles. The highest BCUT2D eigenvalue weighted by Crippen LogP contribution is 2.30. The quantitative estimate of drug-likeness (QED) is 0.503. The number of sulfonamides is 1. The van der Waals surface area contributed by atoms with Crippen LogP contribution in [0.1, 0.15) is 11.1 Å². The summed E-state index contributed by atoms with van der Waals surface area (Å²) in [6.07, 6.45) is 1.11. The van der Waals surface area contributed by atoms with Gasteiger partial charge >= 0.3 is 0 Å². The van der Waals surface area contributed by atoms with Gasteiger partial charge in [0.05, 0.1) is 12.8 Å². The lowest BCUT2D eigenvalue weighted by atomic mass is 10.1. The molecule has 0 unspecified atom stereocenters. The fourth-order valence-corrected chi connectivity index (χ4v) is 4.09. The van der Waals surface area contributed by atoms with Gasteiger partial charge in [-0.05, 0) is 30.7 Å². The molecule has 0 spiro atoms. The SMILES string of the molecule is Cc1ccc(CN(CC(=O)Nc2ccc3c(c2)oc2ccccc23)S(C)(=O)=O)cc1. The highest BCUT2D eigenvalue weighted by atomic mass is 32.2. The smallest absolute Gasteiger partial charge is 0.239 e. The van der Waals surface area contributed by atoms with Crippen molar-refractivity contribution in [1.82, 2.24) is 4.31 Å². The number of furan rings is 1. The van der Waals surface area contributed by atoms with Crippen molar-refractivity contribution >= 4 is 43.6 Å². The van der Waals surface area contributed by atoms with Crippen molar-refractivity contribution in [2.24, 2.45) is 0 Å². The number of fused-ring (bicyclic) bond motifs is 3. The Balaban J connectivity index is 1.51. The van der Waals surface area contributed by atoms with E-state index in [2.05, 4.69) is 5.32 Å². The van der Waals surface area contributed by atoms with Crippen LogP contribution in [0.4, 0.5) is 5.69 Å². The summed E-state index contributed by atoms with van der Waals surface area (Å²) in [6.45, 7) is 1.82. The summed E-state index contributed by atoms with van der Waals surface area (Å²) in [5.41, 5.74) is 3.90. The second-order valence-corrected chi connectivity index (χ2v) is 9.36. The molecule has 4 rings (SSSR count). The Bertz CT molecular complexity index is 1320. The van der Waals surface area contributed by atoms with Gasteiger partial charge in [-0.2, -0.15) is 4.31 Å². The van der Waals surface area contributed by atoms with E-state index in [9.17, 15) is 13.2 Å². The van der Waals surface area contributed by atoms with Gasteiger partial charge in [-0.25, -0.2) is 8.42 Å². The molecule has 7 heteroatoms. The molecule has 0 bridgehead atoms. The highest BCUT2D eigenvalue weighted by molar-refractivity contribution is 7.88. The van der Waals surface area contributed by atoms with Gasteiger partial charge in [0.1, 0.15) is 11.2 Å². The van der Waals surface area contributed by atoms with Crippen molar-refractivity contribution in [1.29, 1.82) is 0 Å². The summed E-state index contributed by atoms with van der Waals surface area (Å²) >= 11 is 0. The molecule has 0 aliphatic carbocycles. The summed E-state index contributed by atoms with van der Waals surface area (Å²) in [5.74, 6) is -0.414. The van der Waals surface area contributed by atoms with Gasteiger partial charge in [0.2, 0.25) is 15.9 Å². The number of carbonyl (C=O) groups is 1. The number of hydrogen-bond acceptors (Lipinski definition) is 4. The molecule has 3 aromatic carbocycles. The van der Waals surface area contributed by atoms with Crippen LogP contribution in [0.15, 0.2) is 71.1 Å². The molecule has 6 nitrogen and oxygen atoms in total. The summed E-state index contributed by atoms with van der Waals surface area (Å²) in [4.78, 5) is 12.6. The maximum absolute atomic E-state index is 12.6. The predicted molar refractivity (Wildman–Crippen MR) is 119 cm³/mol. The van der Waals surface area contributed by atoms with Gasteiger partial charge in [0.25, 0.3) is 0 Å². The molecule has 1 aromatic heterocycles. The molecule has 1 N–H and O–H groups in total. The van der Waals surface area contributed by atoms with Crippen LogP contribution in [0.3, 0.4) is 0 Å². The third-order valence-corrected chi connectivity index (χ3v) is 6.13. The fourth-order valence-electron chi connectivity index (χ4n) is 3.35.